The summed E-state index contributed by atoms with van der Waals surface area (Å²) in [4.78, 5) is 2.98. The minimum absolute atomic E-state index is 0.135. The van der Waals surface area contributed by atoms with Crippen LogP contribution in [0, 0.1) is 11.8 Å². The van der Waals surface area contributed by atoms with Crippen LogP contribution in [0.2, 0.25) is 0 Å². The van der Waals surface area contributed by atoms with E-state index in [1.807, 2.05) is 43.3 Å². The molecule has 1 fully saturated rings. The third-order valence-electron chi connectivity index (χ3n) is 5.99. The number of sulfone groups is 1. The Labute approximate surface area is 158 Å². The van der Waals surface area contributed by atoms with Gasteiger partial charge >= 0.3 is 0 Å². The van der Waals surface area contributed by atoms with E-state index >= 15 is 0 Å². The predicted octanol–water partition coefficient (Wildman–Crippen LogP) is 4.76. The average Bonchev–Trinajstić information content (AvgIpc) is 2.65. The molecule has 142 valence electrons. The van der Waals surface area contributed by atoms with Crippen LogP contribution in [-0.2, 0) is 9.84 Å². The Bertz CT molecular complexity index is 841. The average molecular weight is 374 g/mol. The van der Waals surface area contributed by atoms with Gasteiger partial charge in [-0.3, -0.25) is 0 Å². The molecule has 26 heavy (non-hydrogen) atoms. The van der Waals surface area contributed by atoms with Gasteiger partial charge in [0.1, 0.15) is 0 Å². The molecule has 3 nitrogen and oxygen atoms in total. The molecule has 0 aliphatic carbocycles. The molecule has 0 N–H and O–H groups in total. The molecule has 0 saturated carbocycles. The van der Waals surface area contributed by atoms with Gasteiger partial charge in [0, 0.05) is 11.9 Å². The lowest BCUT2D eigenvalue weighted by Gasteiger charge is -2.32. The van der Waals surface area contributed by atoms with E-state index in [0.29, 0.717) is 4.90 Å². The van der Waals surface area contributed by atoms with E-state index in [4.69, 9.17) is 0 Å². The van der Waals surface area contributed by atoms with Crippen molar-refractivity contribution in [3.8, 4) is 0 Å². The molecule has 1 saturated heterocycles. The zero-order valence-electron chi connectivity index (χ0n) is 16.2. The Morgan fingerprint density at radius 3 is 2.62 bits per heavy atom. The van der Waals surface area contributed by atoms with Gasteiger partial charge < -0.3 is 4.90 Å². The molecule has 2 aromatic carbocycles. The van der Waals surface area contributed by atoms with E-state index in [1.54, 1.807) is 6.07 Å². The van der Waals surface area contributed by atoms with Crippen LogP contribution >= 0.6 is 0 Å². The lowest BCUT2D eigenvalue weighted by atomic mass is 9.98. The molecule has 4 heteroatoms. The smallest absolute Gasteiger partial charge is 0.181 e. The maximum atomic E-state index is 13.3. The number of rotatable bonds is 6. The van der Waals surface area contributed by atoms with Crippen LogP contribution in [0.5, 0.6) is 0 Å². The van der Waals surface area contributed by atoms with Crippen molar-refractivity contribution < 1.29 is 8.42 Å². The first-order valence-corrected chi connectivity index (χ1v) is 11.4. The summed E-state index contributed by atoms with van der Waals surface area (Å²) < 4.78 is 26.6. The number of nitrogens with zero attached hydrogens (tertiary/aromatic N) is 1. The fourth-order valence-corrected chi connectivity index (χ4v) is 5.97. The molecule has 3 atom stereocenters. The molecule has 1 heterocycles. The van der Waals surface area contributed by atoms with Gasteiger partial charge in [0.2, 0.25) is 0 Å². The van der Waals surface area contributed by atoms with Crippen molar-refractivity contribution in [3.63, 3.8) is 0 Å². The minimum Gasteiger partial charge on any atom is -0.303 e. The normalized spacial score (nSPS) is 21.6. The highest BCUT2D eigenvalue weighted by Gasteiger charge is 2.30. The summed E-state index contributed by atoms with van der Waals surface area (Å²) in [6.07, 6.45) is 3.51. The SMILES string of the molecule is CC([C@H](C)CCN1CCC[C@H](C)C1)S(=O)(=O)c1cccc2ccccc12. The van der Waals surface area contributed by atoms with Crippen molar-refractivity contribution in [1.29, 1.82) is 0 Å². The van der Waals surface area contributed by atoms with Crippen LogP contribution < -0.4 is 0 Å². The van der Waals surface area contributed by atoms with Crippen molar-refractivity contribution in [2.45, 2.75) is 50.2 Å². The monoisotopic (exact) mass is 373 g/mol. The number of likely N-dealkylation sites (tertiary alicyclic amines) is 1. The summed E-state index contributed by atoms with van der Waals surface area (Å²) >= 11 is 0. The molecule has 0 spiro atoms. The fraction of sp³-hybridized carbons (Fsp3) is 0.545. The van der Waals surface area contributed by atoms with Crippen LogP contribution in [0.3, 0.4) is 0 Å². The first kappa shape index (κ1) is 19.4. The number of hydrogen-bond donors (Lipinski definition) is 0. The highest BCUT2D eigenvalue weighted by molar-refractivity contribution is 7.92. The first-order chi connectivity index (χ1) is 12.4. The Balaban J connectivity index is 1.73. The van der Waals surface area contributed by atoms with Crippen LogP contribution in [-0.4, -0.2) is 38.2 Å². The van der Waals surface area contributed by atoms with E-state index in [9.17, 15) is 8.42 Å². The van der Waals surface area contributed by atoms with Crippen molar-refractivity contribution in [2.24, 2.45) is 11.8 Å². The molecule has 3 rings (SSSR count). The molecule has 0 amide bonds. The second kappa shape index (κ2) is 8.10. The molecule has 1 aliphatic heterocycles. The first-order valence-electron chi connectivity index (χ1n) is 9.83. The Morgan fingerprint density at radius 2 is 1.85 bits per heavy atom. The number of piperidine rings is 1. The molecular formula is C22H31NO2S. The number of benzene rings is 2. The van der Waals surface area contributed by atoms with Gasteiger partial charge in [-0.1, -0.05) is 50.2 Å². The van der Waals surface area contributed by atoms with E-state index < -0.39 is 9.84 Å². The van der Waals surface area contributed by atoms with Gasteiger partial charge in [0.15, 0.2) is 9.84 Å². The molecular weight excluding hydrogens is 342 g/mol. The highest BCUT2D eigenvalue weighted by atomic mass is 32.2. The van der Waals surface area contributed by atoms with Gasteiger partial charge in [-0.05, 0) is 62.6 Å². The molecule has 0 bridgehead atoms. The van der Waals surface area contributed by atoms with Gasteiger partial charge in [-0.2, -0.15) is 0 Å². The zero-order chi connectivity index (χ0) is 18.7. The lowest BCUT2D eigenvalue weighted by molar-refractivity contribution is 0.174. The highest BCUT2D eigenvalue weighted by Crippen LogP contribution is 2.29. The fourth-order valence-electron chi connectivity index (χ4n) is 4.06. The van der Waals surface area contributed by atoms with Gasteiger partial charge in [-0.15, -0.1) is 0 Å². The Kier molecular flexibility index (Phi) is 6.03. The van der Waals surface area contributed by atoms with Crippen LogP contribution in [0.25, 0.3) is 10.8 Å². The summed E-state index contributed by atoms with van der Waals surface area (Å²) in [5, 5.41) is 1.44. The second-order valence-corrected chi connectivity index (χ2v) is 10.3. The second-order valence-electron chi connectivity index (χ2n) is 8.04. The predicted molar refractivity (Wildman–Crippen MR) is 109 cm³/mol. The summed E-state index contributed by atoms with van der Waals surface area (Å²) in [5.74, 6) is 0.895. The third kappa shape index (κ3) is 4.12. The molecule has 0 radical (unpaired) electrons. The van der Waals surface area contributed by atoms with Crippen molar-refractivity contribution in [2.75, 3.05) is 19.6 Å². The van der Waals surface area contributed by atoms with Gasteiger partial charge in [0.05, 0.1) is 10.1 Å². The molecule has 1 unspecified atom stereocenters. The van der Waals surface area contributed by atoms with Crippen molar-refractivity contribution >= 4 is 20.6 Å². The van der Waals surface area contributed by atoms with Crippen molar-refractivity contribution in [3.05, 3.63) is 42.5 Å². The van der Waals surface area contributed by atoms with Crippen LogP contribution in [0.15, 0.2) is 47.4 Å². The van der Waals surface area contributed by atoms with Gasteiger partial charge in [-0.25, -0.2) is 8.42 Å². The summed E-state index contributed by atoms with van der Waals surface area (Å²) in [6.45, 7) is 9.57. The third-order valence-corrected chi connectivity index (χ3v) is 8.40. The zero-order valence-corrected chi connectivity index (χ0v) is 17.0. The largest absolute Gasteiger partial charge is 0.303 e. The van der Waals surface area contributed by atoms with E-state index in [0.717, 1.165) is 42.7 Å². The van der Waals surface area contributed by atoms with Crippen molar-refractivity contribution in [1.82, 2.24) is 4.90 Å². The molecule has 1 aliphatic rings. The molecule has 2 aromatic rings. The summed E-state index contributed by atoms with van der Waals surface area (Å²) in [6, 6.07) is 13.3. The number of hydrogen-bond acceptors (Lipinski definition) is 3. The van der Waals surface area contributed by atoms with E-state index in [1.165, 1.54) is 12.8 Å². The quantitative estimate of drug-likeness (QED) is 0.732. The van der Waals surface area contributed by atoms with E-state index in [-0.39, 0.29) is 11.2 Å². The lowest BCUT2D eigenvalue weighted by Crippen LogP contribution is -2.37. The van der Waals surface area contributed by atoms with Crippen LogP contribution in [0.1, 0.15) is 40.0 Å². The molecule has 0 aromatic heterocycles. The topological polar surface area (TPSA) is 37.4 Å². The van der Waals surface area contributed by atoms with Gasteiger partial charge in [0.25, 0.3) is 0 Å². The number of fused-ring (bicyclic) bond motifs is 1. The Hall–Kier alpha value is -1.39. The maximum absolute atomic E-state index is 13.3. The Morgan fingerprint density at radius 1 is 1.12 bits per heavy atom. The van der Waals surface area contributed by atoms with Crippen LogP contribution in [0.4, 0.5) is 0 Å². The van der Waals surface area contributed by atoms with E-state index in [2.05, 4.69) is 18.7 Å². The standard InChI is InChI=1S/C22H31NO2S/c1-17-8-7-14-23(16-17)15-13-18(2)19(3)26(24,25)22-12-6-10-20-9-4-5-11-21(20)22/h4-6,9-12,17-19H,7-8,13-16H2,1-3H3/t17-,18+,19?/m0/s1. The summed E-state index contributed by atoms with van der Waals surface area (Å²) in [7, 11) is -3.35. The minimum atomic E-state index is -3.35. The maximum Gasteiger partial charge on any atom is 0.181 e. The summed E-state index contributed by atoms with van der Waals surface area (Å²) in [5.41, 5.74) is 0.